The average molecular weight is 324 g/mol. The normalized spacial score (nSPS) is 29.7. The van der Waals surface area contributed by atoms with Crippen LogP contribution in [0.25, 0.3) is 0 Å². The smallest absolute Gasteiger partial charge is 0.0991 e. The van der Waals surface area contributed by atoms with Crippen molar-refractivity contribution in [1.29, 1.82) is 5.26 Å². The highest BCUT2D eigenvalue weighted by atomic mass is 14.5. The fourth-order valence-electron chi connectivity index (χ4n) is 5.76. The predicted octanol–water partition coefficient (Wildman–Crippen LogP) is 6.97. The molecule has 1 nitrogen and oxygen atoms in total. The second-order valence-corrected chi connectivity index (χ2v) is 8.20. The highest BCUT2D eigenvalue weighted by Crippen LogP contribution is 2.59. The van der Waals surface area contributed by atoms with E-state index in [1.807, 2.05) is 12.1 Å². The van der Waals surface area contributed by atoms with Gasteiger partial charge in [0.25, 0.3) is 0 Å². The van der Waals surface area contributed by atoms with E-state index in [0.717, 1.165) is 17.4 Å². The Morgan fingerprint density at radius 3 is 2.54 bits per heavy atom. The molecule has 2 aliphatic carbocycles. The van der Waals surface area contributed by atoms with Crippen LogP contribution in [0.4, 0.5) is 0 Å². The summed E-state index contributed by atoms with van der Waals surface area (Å²) in [5, 5.41) is 9.09. The summed E-state index contributed by atoms with van der Waals surface area (Å²) in [5.74, 6) is 1.67. The molecule has 2 aliphatic rings. The molecule has 0 aromatic heterocycles. The van der Waals surface area contributed by atoms with Crippen molar-refractivity contribution >= 4 is 0 Å². The van der Waals surface area contributed by atoms with Gasteiger partial charge in [0, 0.05) is 0 Å². The summed E-state index contributed by atoms with van der Waals surface area (Å²) in [7, 11) is 0. The second kappa shape index (κ2) is 8.19. The topological polar surface area (TPSA) is 23.8 Å². The zero-order valence-corrected chi connectivity index (χ0v) is 15.4. The Balaban J connectivity index is 1.84. The lowest BCUT2D eigenvalue weighted by atomic mass is 9.51. The second-order valence-electron chi connectivity index (χ2n) is 8.20. The van der Waals surface area contributed by atoms with Crippen LogP contribution in [0.15, 0.2) is 24.3 Å². The van der Waals surface area contributed by atoms with Crippen LogP contribution in [0.5, 0.6) is 0 Å². The first-order chi connectivity index (χ1) is 11.8. The monoisotopic (exact) mass is 323 g/mol. The molecule has 2 saturated carbocycles. The SMILES string of the molecule is CCCCCC[C@@]12CCCC[C@H]1CCCC2c1ccc(C#N)cc1. The Hall–Kier alpha value is -1.29. The summed E-state index contributed by atoms with van der Waals surface area (Å²) in [6, 6.07) is 10.9. The lowest BCUT2D eigenvalue weighted by molar-refractivity contribution is 0.00968. The van der Waals surface area contributed by atoms with Gasteiger partial charge in [-0.15, -0.1) is 0 Å². The van der Waals surface area contributed by atoms with Crippen LogP contribution < -0.4 is 0 Å². The van der Waals surface area contributed by atoms with E-state index < -0.39 is 0 Å². The molecule has 0 amide bonds. The molecule has 0 saturated heterocycles. The summed E-state index contributed by atoms with van der Waals surface area (Å²) in [4.78, 5) is 0. The Kier molecular flexibility index (Phi) is 5.99. The molecule has 1 heteroatoms. The van der Waals surface area contributed by atoms with E-state index in [-0.39, 0.29) is 0 Å². The van der Waals surface area contributed by atoms with Crippen molar-refractivity contribution in [2.45, 2.75) is 89.9 Å². The van der Waals surface area contributed by atoms with Gasteiger partial charge in [0.15, 0.2) is 0 Å². The van der Waals surface area contributed by atoms with Crippen molar-refractivity contribution in [3.63, 3.8) is 0 Å². The Bertz CT molecular complexity index is 550. The predicted molar refractivity (Wildman–Crippen MR) is 101 cm³/mol. The highest BCUT2D eigenvalue weighted by molar-refractivity contribution is 5.34. The van der Waals surface area contributed by atoms with Crippen molar-refractivity contribution in [3.8, 4) is 6.07 Å². The van der Waals surface area contributed by atoms with E-state index in [0.29, 0.717) is 5.41 Å². The van der Waals surface area contributed by atoms with E-state index in [1.165, 1.54) is 82.6 Å². The number of nitrogens with zero attached hydrogens (tertiary/aromatic N) is 1. The minimum absolute atomic E-state index is 0.554. The summed E-state index contributed by atoms with van der Waals surface area (Å²) in [6.07, 6.45) is 17.0. The fourth-order valence-corrected chi connectivity index (χ4v) is 5.76. The van der Waals surface area contributed by atoms with Crippen LogP contribution in [0.2, 0.25) is 0 Å². The molecule has 0 heterocycles. The molecule has 3 atom stereocenters. The van der Waals surface area contributed by atoms with E-state index >= 15 is 0 Å². The van der Waals surface area contributed by atoms with Gasteiger partial charge in [-0.05, 0) is 67.1 Å². The molecule has 0 radical (unpaired) electrons. The van der Waals surface area contributed by atoms with Crippen LogP contribution in [0.3, 0.4) is 0 Å². The summed E-state index contributed by atoms with van der Waals surface area (Å²) in [6.45, 7) is 2.31. The molecule has 2 fully saturated rings. The Morgan fingerprint density at radius 2 is 1.79 bits per heavy atom. The van der Waals surface area contributed by atoms with Crippen LogP contribution in [0, 0.1) is 22.7 Å². The number of fused-ring (bicyclic) bond motifs is 1. The fraction of sp³-hybridized carbons (Fsp3) is 0.696. The zero-order valence-electron chi connectivity index (χ0n) is 15.4. The Labute approximate surface area is 148 Å². The van der Waals surface area contributed by atoms with E-state index in [1.54, 1.807) is 0 Å². The minimum atomic E-state index is 0.554. The third-order valence-corrected chi connectivity index (χ3v) is 6.94. The number of hydrogen-bond acceptors (Lipinski definition) is 1. The largest absolute Gasteiger partial charge is 0.192 e. The van der Waals surface area contributed by atoms with Gasteiger partial charge in [-0.1, -0.05) is 64.0 Å². The minimum Gasteiger partial charge on any atom is -0.192 e. The summed E-state index contributed by atoms with van der Waals surface area (Å²) in [5.41, 5.74) is 2.86. The van der Waals surface area contributed by atoms with Crippen molar-refractivity contribution in [2.24, 2.45) is 11.3 Å². The molecule has 130 valence electrons. The standard InChI is InChI=1S/C23H33N/c1-2-3-4-6-16-23-17-7-5-9-21(23)10-8-11-22(23)20-14-12-19(18-24)13-15-20/h12-15,21-22H,2-11,16-17H2,1H3/t21-,22?,23+/m0/s1. The molecule has 3 rings (SSSR count). The first kappa shape index (κ1) is 17.5. The van der Waals surface area contributed by atoms with Crippen LogP contribution in [-0.4, -0.2) is 0 Å². The lowest BCUT2D eigenvalue weighted by Gasteiger charge is -2.53. The molecule has 1 aromatic carbocycles. The lowest BCUT2D eigenvalue weighted by Crippen LogP contribution is -2.42. The van der Waals surface area contributed by atoms with E-state index in [2.05, 4.69) is 25.1 Å². The van der Waals surface area contributed by atoms with Crippen LogP contribution in [0.1, 0.15) is 101 Å². The highest BCUT2D eigenvalue weighted by Gasteiger charge is 2.48. The maximum atomic E-state index is 9.09. The number of nitriles is 1. The molecule has 0 N–H and O–H groups in total. The van der Waals surface area contributed by atoms with Gasteiger partial charge in [-0.3, -0.25) is 0 Å². The number of unbranched alkanes of at least 4 members (excludes halogenated alkanes) is 3. The zero-order chi connectivity index (χ0) is 16.8. The first-order valence-corrected chi connectivity index (χ1v) is 10.3. The average Bonchev–Trinajstić information content (AvgIpc) is 2.65. The third-order valence-electron chi connectivity index (χ3n) is 6.94. The van der Waals surface area contributed by atoms with Gasteiger partial charge in [-0.25, -0.2) is 0 Å². The maximum absolute atomic E-state index is 9.09. The maximum Gasteiger partial charge on any atom is 0.0991 e. The molecule has 1 unspecified atom stereocenters. The van der Waals surface area contributed by atoms with Gasteiger partial charge in [0.2, 0.25) is 0 Å². The first-order valence-electron chi connectivity index (χ1n) is 10.3. The van der Waals surface area contributed by atoms with Gasteiger partial charge < -0.3 is 0 Å². The number of hydrogen-bond donors (Lipinski definition) is 0. The molecule has 0 aliphatic heterocycles. The van der Waals surface area contributed by atoms with E-state index in [9.17, 15) is 0 Å². The van der Waals surface area contributed by atoms with Crippen molar-refractivity contribution in [2.75, 3.05) is 0 Å². The molecule has 1 aromatic rings. The van der Waals surface area contributed by atoms with E-state index in [4.69, 9.17) is 5.26 Å². The van der Waals surface area contributed by atoms with Crippen molar-refractivity contribution in [3.05, 3.63) is 35.4 Å². The summed E-state index contributed by atoms with van der Waals surface area (Å²) < 4.78 is 0. The third kappa shape index (κ3) is 3.53. The van der Waals surface area contributed by atoms with Crippen LogP contribution in [-0.2, 0) is 0 Å². The molecule has 0 bridgehead atoms. The van der Waals surface area contributed by atoms with Gasteiger partial charge in [0.05, 0.1) is 11.6 Å². The van der Waals surface area contributed by atoms with Gasteiger partial charge in [-0.2, -0.15) is 5.26 Å². The number of rotatable bonds is 6. The number of benzene rings is 1. The summed E-state index contributed by atoms with van der Waals surface area (Å²) >= 11 is 0. The molecular weight excluding hydrogens is 290 g/mol. The molecule has 0 spiro atoms. The van der Waals surface area contributed by atoms with Gasteiger partial charge in [0.1, 0.15) is 0 Å². The molecule has 24 heavy (non-hydrogen) atoms. The molecular formula is C23H33N. The Morgan fingerprint density at radius 1 is 1.00 bits per heavy atom. The van der Waals surface area contributed by atoms with Crippen LogP contribution >= 0.6 is 0 Å². The quantitative estimate of drug-likeness (QED) is 0.518. The van der Waals surface area contributed by atoms with Crippen molar-refractivity contribution < 1.29 is 0 Å². The van der Waals surface area contributed by atoms with Crippen molar-refractivity contribution in [1.82, 2.24) is 0 Å². The van der Waals surface area contributed by atoms with Gasteiger partial charge >= 0.3 is 0 Å².